The molecule has 1 aromatic carbocycles. The van der Waals surface area contributed by atoms with Crippen molar-refractivity contribution in [3.63, 3.8) is 0 Å². The number of nitrogen functional groups attached to an aromatic ring is 1. The van der Waals surface area contributed by atoms with Crippen LogP contribution in [0.15, 0.2) is 35.6 Å². The molecule has 0 unspecified atom stereocenters. The number of nitrogens with two attached hydrogens (primary N) is 1. The molecule has 7 heteroatoms. The predicted molar refractivity (Wildman–Crippen MR) is 98.2 cm³/mol. The quantitative estimate of drug-likeness (QED) is 0.612. The smallest absolute Gasteiger partial charge is 0.221 e. The number of hydrogen-bond acceptors (Lipinski definition) is 6. The van der Waals surface area contributed by atoms with Gasteiger partial charge in [0.25, 0.3) is 0 Å². The van der Waals surface area contributed by atoms with Gasteiger partial charge in [0.05, 0.1) is 37.9 Å². The van der Waals surface area contributed by atoms with Crippen LogP contribution in [-0.4, -0.2) is 60.2 Å². The van der Waals surface area contributed by atoms with Crippen LogP contribution >= 0.6 is 0 Å². The van der Waals surface area contributed by atoms with Gasteiger partial charge in [0.15, 0.2) is 0 Å². The Bertz CT molecular complexity index is 690. The second-order valence-corrected chi connectivity index (χ2v) is 6.05. The SMILES string of the molecule is Cc1cn(N=Cc2ccc(OCCCN3CCOCC3)cc2)c(N)n1. The molecule has 1 aliphatic heterocycles. The molecule has 7 nitrogen and oxygen atoms in total. The van der Waals surface area contributed by atoms with Crippen LogP contribution in [0.3, 0.4) is 0 Å². The molecule has 2 aromatic rings. The average Bonchev–Trinajstić information content (AvgIpc) is 2.96. The van der Waals surface area contributed by atoms with Crippen LogP contribution in [0, 0.1) is 6.92 Å². The van der Waals surface area contributed by atoms with Gasteiger partial charge >= 0.3 is 0 Å². The van der Waals surface area contributed by atoms with Crippen molar-refractivity contribution in [2.24, 2.45) is 5.10 Å². The van der Waals surface area contributed by atoms with Crippen molar-refractivity contribution in [2.45, 2.75) is 13.3 Å². The average molecular weight is 343 g/mol. The fourth-order valence-electron chi connectivity index (χ4n) is 2.68. The van der Waals surface area contributed by atoms with Crippen LogP contribution in [0.4, 0.5) is 5.95 Å². The van der Waals surface area contributed by atoms with Crippen molar-refractivity contribution in [1.29, 1.82) is 0 Å². The number of morpholine rings is 1. The third-order valence-corrected chi connectivity index (χ3v) is 4.04. The molecule has 0 saturated carbocycles. The highest BCUT2D eigenvalue weighted by atomic mass is 16.5. The number of benzene rings is 1. The number of aryl methyl sites for hydroxylation is 1. The van der Waals surface area contributed by atoms with Crippen molar-refractivity contribution in [1.82, 2.24) is 14.6 Å². The van der Waals surface area contributed by atoms with Crippen molar-refractivity contribution < 1.29 is 9.47 Å². The number of aromatic nitrogens is 2. The molecule has 134 valence electrons. The standard InChI is InChI=1S/C18H25N5O2/c1-15-14-23(18(19)21-15)20-13-16-3-5-17(6-4-16)25-10-2-7-22-8-11-24-12-9-22/h3-6,13-14H,2,7-12H2,1H3,(H2,19,21). The predicted octanol–water partition coefficient (Wildman–Crippen LogP) is 1.76. The van der Waals surface area contributed by atoms with Gasteiger partial charge in [-0.05, 0) is 43.2 Å². The normalized spacial score (nSPS) is 15.7. The minimum Gasteiger partial charge on any atom is -0.494 e. The van der Waals surface area contributed by atoms with Gasteiger partial charge in [0.1, 0.15) is 5.75 Å². The zero-order valence-electron chi connectivity index (χ0n) is 14.6. The van der Waals surface area contributed by atoms with Gasteiger partial charge < -0.3 is 15.2 Å². The van der Waals surface area contributed by atoms with Gasteiger partial charge in [-0.3, -0.25) is 4.90 Å². The van der Waals surface area contributed by atoms with E-state index in [0.29, 0.717) is 5.95 Å². The summed E-state index contributed by atoms with van der Waals surface area (Å²) in [5.74, 6) is 1.26. The van der Waals surface area contributed by atoms with Crippen LogP contribution in [0.25, 0.3) is 0 Å². The lowest BCUT2D eigenvalue weighted by molar-refractivity contribution is 0.0358. The number of imidazole rings is 1. The van der Waals surface area contributed by atoms with Gasteiger partial charge in [-0.25, -0.2) is 9.66 Å². The summed E-state index contributed by atoms with van der Waals surface area (Å²) in [5.41, 5.74) is 7.58. The topological polar surface area (TPSA) is 77.9 Å². The van der Waals surface area contributed by atoms with Crippen molar-refractivity contribution in [3.8, 4) is 5.75 Å². The molecule has 1 aliphatic rings. The molecule has 3 rings (SSSR count). The van der Waals surface area contributed by atoms with Gasteiger partial charge in [-0.1, -0.05) is 0 Å². The van der Waals surface area contributed by atoms with Crippen LogP contribution in [0.2, 0.25) is 0 Å². The maximum atomic E-state index is 5.80. The monoisotopic (exact) mass is 343 g/mol. The number of nitrogens with zero attached hydrogens (tertiary/aromatic N) is 4. The van der Waals surface area contributed by atoms with E-state index in [9.17, 15) is 0 Å². The van der Waals surface area contributed by atoms with E-state index in [1.54, 1.807) is 17.1 Å². The lowest BCUT2D eigenvalue weighted by Crippen LogP contribution is -2.37. The molecule has 25 heavy (non-hydrogen) atoms. The molecule has 1 aromatic heterocycles. The van der Waals surface area contributed by atoms with E-state index < -0.39 is 0 Å². The molecule has 0 bridgehead atoms. The molecular formula is C18H25N5O2. The highest BCUT2D eigenvalue weighted by Crippen LogP contribution is 2.12. The minimum atomic E-state index is 0.383. The van der Waals surface area contributed by atoms with E-state index in [1.807, 2.05) is 31.2 Å². The lowest BCUT2D eigenvalue weighted by Gasteiger charge is -2.26. The first kappa shape index (κ1) is 17.4. The number of ether oxygens (including phenoxy) is 2. The fourth-order valence-corrected chi connectivity index (χ4v) is 2.68. The minimum absolute atomic E-state index is 0.383. The summed E-state index contributed by atoms with van der Waals surface area (Å²) in [6.45, 7) is 7.38. The van der Waals surface area contributed by atoms with E-state index in [2.05, 4.69) is 15.0 Å². The zero-order chi connectivity index (χ0) is 17.5. The molecule has 2 N–H and O–H groups in total. The Labute approximate surface area is 148 Å². The van der Waals surface area contributed by atoms with Gasteiger partial charge in [0, 0.05) is 19.6 Å². The van der Waals surface area contributed by atoms with Crippen molar-refractivity contribution in [2.75, 3.05) is 45.2 Å². The van der Waals surface area contributed by atoms with Gasteiger partial charge in [-0.2, -0.15) is 5.10 Å². The van der Waals surface area contributed by atoms with Gasteiger partial charge in [0.2, 0.25) is 5.95 Å². The summed E-state index contributed by atoms with van der Waals surface area (Å²) >= 11 is 0. The first-order chi connectivity index (χ1) is 12.2. The van der Waals surface area contributed by atoms with Crippen LogP contribution < -0.4 is 10.5 Å². The molecule has 2 heterocycles. The third kappa shape index (κ3) is 5.30. The van der Waals surface area contributed by atoms with E-state index in [1.165, 1.54) is 0 Å². The first-order valence-corrected chi connectivity index (χ1v) is 8.59. The Hall–Kier alpha value is -2.38. The highest BCUT2D eigenvalue weighted by molar-refractivity contribution is 5.79. The van der Waals surface area contributed by atoms with Crippen molar-refractivity contribution in [3.05, 3.63) is 41.7 Å². The summed E-state index contributed by atoms with van der Waals surface area (Å²) < 4.78 is 12.7. The highest BCUT2D eigenvalue weighted by Gasteiger charge is 2.09. The van der Waals surface area contributed by atoms with Crippen LogP contribution in [0.1, 0.15) is 17.7 Å². The Morgan fingerprint density at radius 3 is 2.72 bits per heavy atom. The summed E-state index contributed by atoms with van der Waals surface area (Å²) in [4.78, 5) is 6.52. The van der Waals surface area contributed by atoms with Gasteiger partial charge in [-0.15, -0.1) is 0 Å². The summed E-state index contributed by atoms with van der Waals surface area (Å²) in [6, 6.07) is 7.86. The molecule has 0 atom stereocenters. The van der Waals surface area contributed by atoms with Crippen LogP contribution in [-0.2, 0) is 4.74 Å². The molecule has 0 aliphatic carbocycles. The molecule has 0 spiro atoms. The zero-order valence-corrected chi connectivity index (χ0v) is 14.6. The van der Waals surface area contributed by atoms with Crippen molar-refractivity contribution >= 4 is 12.2 Å². The van der Waals surface area contributed by atoms with E-state index in [4.69, 9.17) is 15.2 Å². The lowest BCUT2D eigenvalue weighted by atomic mass is 10.2. The number of hydrogen-bond donors (Lipinski definition) is 1. The summed E-state index contributed by atoms with van der Waals surface area (Å²) in [5, 5.41) is 4.30. The second-order valence-electron chi connectivity index (χ2n) is 6.05. The maximum Gasteiger partial charge on any atom is 0.221 e. The Morgan fingerprint density at radius 2 is 2.04 bits per heavy atom. The molecule has 1 fully saturated rings. The van der Waals surface area contributed by atoms with E-state index in [0.717, 1.165) is 62.9 Å². The maximum absolute atomic E-state index is 5.80. The largest absolute Gasteiger partial charge is 0.494 e. The summed E-state index contributed by atoms with van der Waals surface area (Å²) in [6.07, 6.45) is 4.56. The summed E-state index contributed by atoms with van der Waals surface area (Å²) in [7, 11) is 0. The third-order valence-electron chi connectivity index (χ3n) is 4.04. The number of anilines is 1. The van der Waals surface area contributed by atoms with Crippen LogP contribution in [0.5, 0.6) is 5.75 Å². The van der Waals surface area contributed by atoms with E-state index >= 15 is 0 Å². The molecule has 1 saturated heterocycles. The number of rotatable bonds is 7. The molecular weight excluding hydrogens is 318 g/mol. The molecule has 0 radical (unpaired) electrons. The first-order valence-electron chi connectivity index (χ1n) is 8.59. The Kier molecular flexibility index (Phi) is 6.03. The fraction of sp³-hybridized carbons (Fsp3) is 0.444. The second kappa shape index (κ2) is 8.64. The Morgan fingerprint density at radius 1 is 1.28 bits per heavy atom. The Balaban J connectivity index is 1.43. The molecule has 0 amide bonds. The van der Waals surface area contributed by atoms with E-state index in [-0.39, 0.29) is 0 Å².